The summed E-state index contributed by atoms with van der Waals surface area (Å²) in [7, 11) is 0. The molecule has 0 amide bonds. The van der Waals surface area contributed by atoms with Crippen LogP contribution in [0.4, 0.5) is 0 Å². The summed E-state index contributed by atoms with van der Waals surface area (Å²) in [5.41, 5.74) is -0.276. The van der Waals surface area contributed by atoms with E-state index in [-0.39, 0.29) is 11.5 Å². The first kappa shape index (κ1) is 8.97. The van der Waals surface area contributed by atoms with E-state index < -0.39 is 5.97 Å². The molecule has 1 aliphatic carbocycles. The van der Waals surface area contributed by atoms with Crippen molar-refractivity contribution in [1.29, 1.82) is 0 Å². The predicted octanol–water partition coefficient (Wildman–Crippen LogP) is 1.35. The molecule has 4 heteroatoms. The van der Waals surface area contributed by atoms with Crippen LogP contribution in [0.3, 0.4) is 0 Å². The van der Waals surface area contributed by atoms with Gasteiger partial charge in [-0.2, -0.15) is 0 Å². The van der Waals surface area contributed by atoms with Gasteiger partial charge in [-0.15, -0.1) is 0 Å². The van der Waals surface area contributed by atoms with E-state index in [1.807, 2.05) is 0 Å². The van der Waals surface area contributed by atoms with Gasteiger partial charge in [0, 0.05) is 6.42 Å². The third-order valence-corrected chi connectivity index (χ3v) is 3.03. The Labute approximate surface area is 76.8 Å². The third kappa shape index (κ3) is 1.69. The van der Waals surface area contributed by atoms with Crippen LogP contribution in [-0.2, 0) is 14.6 Å². The number of hydrogen-bond donors (Lipinski definition) is 1. The second kappa shape index (κ2) is 3.27. The van der Waals surface area contributed by atoms with E-state index in [4.69, 9.17) is 14.9 Å². The van der Waals surface area contributed by atoms with Gasteiger partial charge < -0.3 is 5.11 Å². The molecule has 2 unspecified atom stereocenters. The Kier molecular flexibility index (Phi) is 2.26. The molecule has 0 radical (unpaired) electrons. The van der Waals surface area contributed by atoms with Gasteiger partial charge in [-0.1, -0.05) is 0 Å². The highest BCUT2D eigenvalue weighted by atomic mass is 17.2. The quantitative estimate of drug-likeness (QED) is 0.628. The van der Waals surface area contributed by atoms with Crippen molar-refractivity contribution in [2.45, 2.75) is 37.7 Å². The van der Waals surface area contributed by atoms with Crippen molar-refractivity contribution in [2.75, 3.05) is 6.61 Å². The molecule has 0 aromatic carbocycles. The highest BCUT2D eigenvalue weighted by Gasteiger charge is 2.43. The van der Waals surface area contributed by atoms with Crippen molar-refractivity contribution in [2.24, 2.45) is 5.92 Å². The molecule has 1 saturated carbocycles. The molecule has 74 valence electrons. The van der Waals surface area contributed by atoms with E-state index in [0.29, 0.717) is 13.0 Å². The Morgan fingerprint density at radius 2 is 2.31 bits per heavy atom. The molecule has 1 N–H and O–H groups in total. The highest BCUT2D eigenvalue weighted by Crippen LogP contribution is 2.40. The topological polar surface area (TPSA) is 55.8 Å². The van der Waals surface area contributed by atoms with Gasteiger partial charge in [0.2, 0.25) is 0 Å². The minimum absolute atomic E-state index is 0.240. The summed E-state index contributed by atoms with van der Waals surface area (Å²) in [6.45, 7) is 0.604. The second-order valence-corrected chi connectivity index (χ2v) is 3.97. The lowest BCUT2D eigenvalue weighted by atomic mass is 9.77. The molecule has 1 spiro atoms. The average molecular weight is 186 g/mol. The lowest BCUT2D eigenvalue weighted by molar-refractivity contribution is -0.316. The fourth-order valence-electron chi connectivity index (χ4n) is 2.27. The summed E-state index contributed by atoms with van der Waals surface area (Å²) < 4.78 is 0. The second-order valence-electron chi connectivity index (χ2n) is 3.97. The Bertz CT molecular complexity index is 208. The summed E-state index contributed by atoms with van der Waals surface area (Å²) in [5.74, 6) is -0.940. The minimum Gasteiger partial charge on any atom is -0.481 e. The number of carboxylic acids is 1. The van der Waals surface area contributed by atoms with Gasteiger partial charge in [-0.3, -0.25) is 4.79 Å². The lowest BCUT2D eigenvalue weighted by Crippen LogP contribution is -2.37. The van der Waals surface area contributed by atoms with Crippen LogP contribution in [0.2, 0.25) is 0 Å². The molecule has 0 aromatic heterocycles. The number of carbonyl (C=O) groups is 1. The van der Waals surface area contributed by atoms with Gasteiger partial charge in [-0.05, 0) is 25.7 Å². The maximum Gasteiger partial charge on any atom is 0.306 e. The normalized spacial score (nSPS) is 39.5. The molecular formula is C9H14O4. The van der Waals surface area contributed by atoms with Gasteiger partial charge >= 0.3 is 5.97 Å². The zero-order valence-corrected chi connectivity index (χ0v) is 7.49. The predicted molar refractivity (Wildman–Crippen MR) is 44.0 cm³/mol. The number of rotatable bonds is 1. The van der Waals surface area contributed by atoms with Crippen LogP contribution in [0.1, 0.15) is 32.1 Å². The molecule has 1 heterocycles. The van der Waals surface area contributed by atoms with Gasteiger partial charge in [0.1, 0.15) is 5.60 Å². The van der Waals surface area contributed by atoms with E-state index in [9.17, 15) is 4.79 Å². The molecule has 2 fully saturated rings. The van der Waals surface area contributed by atoms with E-state index in [2.05, 4.69) is 0 Å². The number of aliphatic carboxylic acids is 1. The summed E-state index contributed by atoms with van der Waals surface area (Å²) in [5, 5.41) is 8.89. The summed E-state index contributed by atoms with van der Waals surface area (Å²) in [4.78, 5) is 20.9. The SMILES string of the molecule is O=C(O)C1CCCC2(CCOO2)C1. The van der Waals surface area contributed by atoms with Crippen molar-refractivity contribution in [3.05, 3.63) is 0 Å². The smallest absolute Gasteiger partial charge is 0.306 e. The van der Waals surface area contributed by atoms with Crippen LogP contribution in [-0.4, -0.2) is 23.3 Å². The molecule has 1 aliphatic heterocycles. The standard InChI is InChI=1S/C9H14O4/c10-8(11)7-2-1-3-9(6-7)4-5-12-13-9/h7H,1-6H2,(H,10,11). The van der Waals surface area contributed by atoms with Gasteiger partial charge in [0.15, 0.2) is 0 Å². The fourth-order valence-corrected chi connectivity index (χ4v) is 2.27. The van der Waals surface area contributed by atoms with Crippen molar-refractivity contribution in [3.63, 3.8) is 0 Å². The van der Waals surface area contributed by atoms with Crippen LogP contribution in [0.5, 0.6) is 0 Å². The number of carboxylic acid groups (broad SMARTS) is 1. The van der Waals surface area contributed by atoms with Crippen LogP contribution in [0, 0.1) is 5.92 Å². The maximum atomic E-state index is 10.8. The largest absolute Gasteiger partial charge is 0.481 e. The van der Waals surface area contributed by atoms with Crippen molar-refractivity contribution < 1.29 is 19.7 Å². The zero-order chi connectivity index (χ0) is 9.31. The Morgan fingerprint density at radius 3 is 2.92 bits per heavy atom. The van der Waals surface area contributed by atoms with Crippen LogP contribution in [0.15, 0.2) is 0 Å². The fraction of sp³-hybridized carbons (Fsp3) is 0.889. The van der Waals surface area contributed by atoms with Crippen molar-refractivity contribution >= 4 is 5.97 Å². The summed E-state index contributed by atoms with van der Waals surface area (Å²) in [6, 6.07) is 0. The molecule has 2 rings (SSSR count). The Hall–Kier alpha value is -0.610. The van der Waals surface area contributed by atoms with E-state index >= 15 is 0 Å². The van der Waals surface area contributed by atoms with Crippen LogP contribution >= 0.6 is 0 Å². The first-order valence-electron chi connectivity index (χ1n) is 4.75. The van der Waals surface area contributed by atoms with Crippen molar-refractivity contribution in [3.8, 4) is 0 Å². The summed E-state index contributed by atoms with van der Waals surface area (Å²) >= 11 is 0. The zero-order valence-electron chi connectivity index (χ0n) is 7.49. The minimum atomic E-state index is -0.699. The van der Waals surface area contributed by atoms with Gasteiger partial charge in [0.05, 0.1) is 12.5 Å². The summed E-state index contributed by atoms with van der Waals surface area (Å²) in [6.07, 6.45) is 4.11. The van der Waals surface area contributed by atoms with E-state index in [1.54, 1.807) is 0 Å². The molecule has 0 bridgehead atoms. The van der Waals surface area contributed by atoms with E-state index in [0.717, 1.165) is 25.7 Å². The van der Waals surface area contributed by atoms with E-state index in [1.165, 1.54) is 0 Å². The molecular weight excluding hydrogens is 172 g/mol. The Morgan fingerprint density at radius 1 is 1.46 bits per heavy atom. The van der Waals surface area contributed by atoms with Crippen molar-refractivity contribution in [1.82, 2.24) is 0 Å². The average Bonchev–Trinajstić information content (AvgIpc) is 2.53. The molecule has 13 heavy (non-hydrogen) atoms. The van der Waals surface area contributed by atoms with Crippen LogP contribution in [0.25, 0.3) is 0 Å². The first-order chi connectivity index (χ1) is 6.22. The van der Waals surface area contributed by atoms with Gasteiger partial charge in [-0.25, -0.2) is 9.78 Å². The Balaban J connectivity index is 2.02. The molecule has 1 saturated heterocycles. The highest BCUT2D eigenvalue weighted by molar-refractivity contribution is 5.70. The lowest BCUT2D eigenvalue weighted by Gasteiger charge is -2.33. The molecule has 0 aromatic rings. The monoisotopic (exact) mass is 186 g/mol. The van der Waals surface area contributed by atoms with Gasteiger partial charge in [0.25, 0.3) is 0 Å². The number of hydrogen-bond acceptors (Lipinski definition) is 3. The first-order valence-corrected chi connectivity index (χ1v) is 4.75. The maximum absolute atomic E-state index is 10.8. The van der Waals surface area contributed by atoms with Crippen LogP contribution < -0.4 is 0 Å². The molecule has 4 nitrogen and oxygen atoms in total. The third-order valence-electron chi connectivity index (χ3n) is 3.03. The molecule has 2 atom stereocenters. The molecule has 2 aliphatic rings.